The van der Waals surface area contributed by atoms with Crippen molar-refractivity contribution in [3.05, 3.63) is 83.7 Å². The molecule has 0 saturated heterocycles. The highest BCUT2D eigenvalue weighted by atomic mass is 32.2. The van der Waals surface area contributed by atoms with Gasteiger partial charge in [-0.1, -0.05) is 36.9 Å². The van der Waals surface area contributed by atoms with E-state index < -0.39 is 0 Å². The van der Waals surface area contributed by atoms with Crippen LogP contribution in [-0.4, -0.2) is 21.7 Å². The fourth-order valence-corrected chi connectivity index (χ4v) is 4.66. The normalized spacial score (nSPS) is 14.4. The summed E-state index contributed by atoms with van der Waals surface area (Å²) in [6, 6.07) is 17.0. The van der Waals surface area contributed by atoms with Gasteiger partial charge in [-0.25, -0.2) is 0 Å². The van der Waals surface area contributed by atoms with Gasteiger partial charge in [0.25, 0.3) is 0 Å². The number of fused-ring (bicyclic) bond motifs is 4. The van der Waals surface area contributed by atoms with Crippen LogP contribution in [0.1, 0.15) is 23.7 Å². The van der Waals surface area contributed by atoms with Crippen molar-refractivity contribution in [3.8, 4) is 0 Å². The highest BCUT2D eigenvalue weighted by Gasteiger charge is 2.28. The van der Waals surface area contributed by atoms with Gasteiger partial charge >= 0.3 is 0 Å². The van der Waals surface area contributed by atoms with Gasteiger partial charge in [0.2, 0.25) is 11.7 Å². The van der Waals surface area contributed by atoms with Crippen LogP contribution < -0.4 is 4.90 Å². The first-order chi connectivity index (χ1) is 14.7. The van der Waals surface area contributed by atoms with Crippen molar-refractivity contribution in [2.45, 2.75) is 18.2 Å². The second-order valence-electron chi connectivity index (χ2n) is 6.91. The summed E-state index contributed by atoms with van der Waals surface area (Å²) in [5.41, 5.74) is 2.88. The summed E-state index contributed by atoms with van der Waals surface area (Å²) in [6.45, 7) is 1.81. The zero-order valence-electron chi connectivity index (χ0n) is 16.2. The molecule has 30 heavy (non-hydrogen) atoms. The molecule has 0 saturated carbocycles. The van der Waals surface area contributed by atoms with Crippen LogP contribution in [0.15, 0.2) is 83.0 Å². The Morgan fingerprint density at radius 1 is 1.03 bits per heavy atom. The minimum absolute atomic E-state index is 0.0608. The lowest BCUT2D eigenvalue weighted by molar-refractivity contribution is -0.117. The van der Waals surface area contributed by atoms with Gasteiger partial charge in [0, 0.05) is 46.2 Å². The van der Waals surface area contributed by atoms with Gasteiger partial charge in [0.1, 0.15) is 0 Å². The molecule has 0 aliphatic carbocycles. The Bertz CT molecular complexity index is 1360. The molecule has 2 aromatic carbocycles. The lowest BCUT2D eigenvalue weighted by Gasteiger charge is -2.21. The van der Waals surface area contributed by atoms with Crippen LogP contribution in [0.2, 0.25) is 0 Å². The molecule has 3 heterocycles. The van der Waals surface area contributed by atoms with Gasteiger partial charge in [-0.3, -0.25) is 24.5 Å². The molecular formula is C24H17N3O2S. The van der Waals surface area contributed by atoms with Crippen LogP contribution in [0.5, 0.6) is 0 Å². The first kappa shape index (κ1) is 18.5. The number of ketones is 1. The van der Waals surface area contributed by atoms with E-state index in [9.17, 15) is 9.59 Å². The number of carbonyl (C=O) groups excluding carboxylic acids is 2. The number of nitrogens with zero attached hydrogens (tertiary/aromatic N) is 3. The maximum Gasteiger partial charge on any atom is 0.230 e. The molecule has 1 aliphatic heterocycles. The fraction of sp³-hybridized carbons (Fsp3) is 0.0833. The van der Waals surface area contributed by atoms with Gasteiger partial charge in [-0.05, 0) is 36.4 Å². The topological polar surface area (TPSA) is 63.2 Å². The number of rotatable bonds is 3. The molecule has 146 valence electrons. The minimum atomic E-state index is -0.0970. The van der Waals surface area contributed by atoms with Gasteiger partial charge < -0.3 is 0 Å². The molecule has 6 heteroatoms. The summed E-state index contributed by atoms with van der Waals surface area (Å²) in [5, 5.41) is 1.70. The highest BCUT2D eigenvalue weighted by molar-refractivity contribution is 8.04. The summed E-state index contributed by atoms with van der Waals surface area (Å²) in [4.78, 5) is 37.9. The van der Waals surface area contributed by atoms with Crippen molar-refractivity contribution in [3.63, 3.8) is 0 Å². The van der Waals surface area contributed by atoms with Crippen LogP contribution in [0.3, 0.4) is 0 Å². The SMILES string of the molecule is CCC(=O)N(/C=C1\Sc2ccccc2C1=O)c1cc2cccnc2c2ncccc12. The predicted octanol–water partition coefficient (Wildman–Crippen LogP) is 5.36. The van der Waals surface area contributed by atoms with Crippen LogP contribution in [0, 0.1) is 0 Å². The average molecular weight is 411 g/mol. The number of Topliss-reactive ketones (excluding diaryl/α,β-unsaturated/α-hetero) is 1. The number of aromatic nitrogens is 2. The van der Waals surface area contributed by atoms with Gasteiger partial charge in [0.05, 0.1) is 21.6 Å². The summed E-state index contributed by atoms with van der Waals surface area (Å²) in [5.74, 6) is -0.158. The summed E-state index contributed by atoms with van der Waals surface area (Å²) in [7, 11) is 0. The molecule has 5 rings (SSSR count). The van der Waals surface area contributed by atoms with E-state index in [1.807, 2.05) is 61.5 Å². The molecule has 1 amide bonds. The van der Waals surface area contributed by atoms with Gasteiger partial charge in [-0.15, -0.1) is 0 Å². The molecule has 4 aromatic rings. The number of anilines is 1. The Kier molecular flexibility index (Phi) is 4.56. The van der Waals surface area contributed by atoms with Crippen molar-refractivity contribution in [1.82, 2.24) is 9.97 Å². The number of carbonyl (C=O) groups is 2. The van der Waals surface area contributed by atoms with Crippen LogP contribution in [0.25, 0.3) is 21.8 Å². The van der Waals surface area contributed by atoms with Gasteiger partial charge in [-0.2, -0.15) is 0 Å². The predicted molar refractivity (Wildman–Crippen MR) is 120 cm³/mol. The molecule has 0 spiro atoms. The average Bonchev–Trinajstić information content (AvgIpc) is 3.12. The Morgan fingerprint density at radius 2 is 1.80 bits per heavy atom. The van der Waals surface area contributed by atoms with Crippen LogP contribution in [0.4, 0.5) is 5.69 Å². The molecule has 2 aromatic heterocycles. The molecule has 0 N–H and O–H groups in total. The third-order valence-electron chi connectivity index (χ3n) is 5.09. The summed E-state index contributed by atoms with van der Waals surface area (Å²) < 4.78 is 0. The van der Waals surface area contributed by atoms with E-state index in [0.29, 0.717) is 22.6 Å². The van der Waals surface area contributed by atoms with Crippen LogP contribution >= 0.6 is 11.8 Å². The molecule has 1 aliphatic rings. The van der Waals surface area contributed by atoms with E-state index >= 15 is 0 Å². The number of hydrogen-bond donors (Lipinski definition) is 0. The zero-order valence-corrected chi connectivity index (χ0v) is 17.0. The Balaban J connectivity index is 1.72. The number of benzene rings is 2. The smallest absolute Gasteiger partial charge is 0.230 e. The number of pyridine rings is 2. The van der Waals surface area contributed by atoms with E-state index in [4.69, 9.17) is 0 Å². The Labute approximate surface area is 177 Å². The van der Waals surface area contributed by atoms with E-state index in [2.05, 4.69) is 9.97 Å². The van der Waals surface area contributed by atoms with Crippen molar-refractivity contribution in [2.24, 2.45) is 0 Å². The lowest BCUT2D eigenvalue weighted by atomic mass is 10.1. The number of amides is 1. The van der Waals surface area contributed by atoms with Crippen molar-refractivity contribution in [2.75, 3.05) is 4.90 Å². The minimum Gasteiger partial charge on any atom is -0.288 e. The summed E-state index contributed by atoms with van der Waals surface area (Å²) >= 11 is 1.39. The fourth-order valence-electron chi connectivity index (χ4n) is 3.65. The van der Waals surface area contributed by atoms with E-state index in [0.717, 1.165) is 26.7 Å². The molecule has 0 unspecified atom stereocenters. The number of allylic oxidation sites excluding steroid dienone is 1. The van der Waals surface area contributed by atoms with Crippen molar-refractivity contribution >= 4 is 50.9 Å². The molecule has 0 atom stereocenters. The monoisotopic (exact) mass is 411 g/mol. The maximum atomic E-state index is 13.0. The van der Waals surface area contributed by atoms with Gasteiger partial charge in [0.15, 0.2) is 0 Å². The second kappa shape index (κ2) is 7.39. The lowest BCUT2D eigenvalue weighted by Crippen LogP contribution is -2.25. The van der Waals surface area contributed by atoms with Crippen molar-refractivity contribution < 1.29 is 9.59 Å². The number of thioether (sulfide) groups is 1. The van der Waals surface area contributed by atoms with E-state index in [1.165, 1.54) is 11.8 Å². The highest BCUT2D eigenvalue weighted by Crippen LogP contribution is 2.41. The zero-order chi connectivity index (χ0) is 20.7. The molecule has 0 radical (unpaired) electrons. The first-order valence-corrected chi connectivity index (χ1v) is 10.5. The van der Waals surface area contributed by atoms with E-state index in [-0.39, 0.29) is 11.7 Å². The Hall–Kier alpha value is -3.51. The molecule has 0 bridgehead atoms. The quantitative estimate of drug-likeness (QED) is 0.336. The largest absolute Gasteiger partial charge is 0.288 e. The molecular weight excluding hydrogens is 394 g/mol. The molecule has 5 nitrogen and oxygen atoms in total. The van der Waals surface area contributed by atoms with Crippen molar-refractivity contribution in [1.29, 1.82) is 0 Å². The third-order valence-corrected chi connectivity index (χ3v) is 6.18. The first-order valence-electron chi connectivity index (χ1n) is 9.65. The van der Waals surface area contributed by atoms with E-state index in [1.54, 1.807) is 23.5 Å². The third kappa shape index (κ3) is 2.97. The van der Waals surface area contributed by atoms with Crippen LogP contribution in [-0.2, 0) is 4.79 Å². The summed E-state index contributed by atoms with van der Waals surface area (Å²) in [6.07, 6.45) is 5.43. The Morgan fingerprint density at radius 3 is 2.60 bits per heavy atom. The number of hydrogen-bond acceptors (Lipinski definition) is 5. The maximum absolute atomic E-state index is 13.0. The second-order valence-corrected chi connectivity index (χ2v) is 7.99. The standard InChI is InChI=1S/C24H17N3O2S/c1-2-21(28)27(14-20-24(29)17-8-3-4-10-19(17)30-20)18-13-15-7-5-11-25-22(15)23-16(18)9-6-12-26-23/h3-14H,2H2,1H3/b20-14-. The molecule has 0 fully saturated rings.